The van der Waals surface area contributed by atoms with Crippen molar-refractivity contribution in [2.75, 3.05) is 39.2 Å². The number of nitrogens with zero attached hydrogens (tertiary/aromatic N) is 16. The predicted octanol–water partition coefficient (Wildman–Crippen LogP) is 26.9. The molecule has 0 aliphatic carbocycles. The Morgan fingerprint density at radius 3 is 0.875 bits per heavy atom. The van der Waals surface area contributed by atoms with E-state index in [-0.39, 0.29) is 35.5 Å². The normalized spacial score (nSPS) is 16.8. The van der Waals surface area contributed by atoms with E-state index in [1.165, 1.54) is 96.0 Å². The van der Waals surface area contributed by atoms with Gasteiger partial charge in [-0.2, -0.15) is 0 Å². The lowest BCUT2D eigenvalue weighted by molar-refractivity contribution is 0.318. The fourth-order valence-electron chi connectivity index (χ4n) is 20.0. The number of benzene rings is 12. The van der Waals surface area contributed by atoms with Gasteiger partial charge in [0.05, 0.1) is 55.5 Å². The number of rotatable bonds is 14. The number of anilines is 8. The maximum atomic E-state index is 5.13. The average molecular weight is 1690 g/mol. The largest absolute Gasteiger partial charge is 0.321 e. The quantitative estimate of drug-likeness (QED) is 0.104. The smallest absolute Gasteiger partial charge is 0.212 e. The summed E-state index contributed by atoms with van der Waals surface area (Å²) in [5, 5.41) is 0. The lowest BCUT2D eigenvalue weighted by Crippen LogP contribution is -2.50. The molecule has 0 spiro atoms. The number of hydrogen-bond acceptors (Lipinski definition) is 12. The summed E-state index contributed by atoms with van der Waals surface area (Å²) in [6, 6.07) is 115. The lowest BCUT2D eigenvalue weighted by atomic mass is 9.90. The zero-order valence-corrected chi connectivity index (χ0v) is 77.8. The molecule has 4 aliphatic heterocycles. The van der Waals surface area contributed by atoms with Crippen LogP contribution in [0.1, 0.15) is 143 Å². The van der Waals surface area contributed by atoms with E-state index in [1.807, 2.05) is 6.07 Å². The Labute approximate surface area is 756 Å². The van der Waals surface area contributed by atoms with Gasteiger partial charge in [0.25, 0.3) is 0 Å². The highest BCUT2D eigenvalue weighted by molar-refractivity contribution is 5.93. The van der Waals surface area contributed by atoms with Crippen molar-refractivity contribution in [1.82, 2.24) is 38.2 Å². The maximum absolute atomic E-state index is 5.13. The summed E-state index contributed by atoms with van der Waals surface area (Å²) in [4.78, 5) is 40.1. The second-order valence-electron chi connectivity index (χ2n) is 36.9. The van der Waals surface area contributed by atoms with Crippen molar-refractivity contribution in [2.24, 2.45) is 50.9 Å². The van der Waals surface area contributed by atoms with Crippen LogP contribution in [0.5, 0.6) is 0 Å². The number of allylic oxidation sites excluding steroid dienone is 6. The van der Waals surface area contributed by atoms with Crippen LogP contribution in [0.4, 0.5) is 46.5 Å². The summed E-state index contributed by atoms with van der Waals surface area (Å²) in [7, 11) is 8.47. The first-order valence-corrected chi connectivity index (χ1v) is 45.0. The van der Waals surface area contributed by atoms with E-state index < -0.39 is 0 Å². The van der Waals surface area contributed by atoms with Crippen LogP contribution < -0.4 is 39.2 Å². The van der Waals surface area contributed by atoms with Crippen LogP contribution in [-0.4, -0.2) is 50.5 Å². The SMILES string of the molecule is CC1=C(C(C)C)N(c2ccccc2)C(C(C)(C)C)N1c1nc2ccccc2n1C.CC1=C(C(C)C)N(c2ccccc2)C(c2c(C)cccc2C)N1c1nc2ccccc2n1C.CC1=C(c2ccccc2)N(c2ccccc2)C(C(C)(C)C)N1c1nc2ccccc2n1C.CC1=C(c2ccccc2)N(c2ccccc2)C(c2ccccc2)N1c1nc2ccccc2n1C. The first-order chi connectivity index (χ1) is 61.7. The molecule has 4 aliphatic rings. The van der Waals surface area contributed by atoms with E-state index in [0.29, 0.717) is 11.8 Å². The first-order valence-electron chi connectivity index (χ1n) is 45.0. The highest BCUT2D eigenvalue weighted by Gasteiger charge is 2.50. The van der Waals surface area contributed by atoms with Crippen molar-refractivity contribution in [2.45, 2.75) is 135 Å². The molecule has 4 atom stereocenters. The van der Waals surface area contributed by atoms with Crippen molar-refractivity contribution in [3.05, 3.63) is 395 Å². The number of para-hydroxylation sites is 12. The van der Waals surface area contributed by atoms with Gasteiger partial charge in [-0.3, -0.25) is 19.6 Å². The molecule has 16 aromatic rings. The number of aromatic nitrogens is 8. The topological polar surface area (TPSA) is 97.2 Å². The third kappa shape index (κ3) is 15.7. The summed E-state index contributed by atoms with van der Waals surface area (Å²) in [6.45, 7) is 36.4. The Morgan fingerprint density at radius 1 is 0.250 bits per heavy atom. The van der Waals surface area contributed by atoms with Gasteiger partial charge >= 0.3 is 0 Å². The van der Waals surface area contributed by atoms with Gasteiger partial charge in [0.2, 0.25) is 23.8 Å². The zero-order chi connectivity index (χ0) is 89.7. The van der Waals surface area contributed by atoms with Gasteiger partial charge in [-0.25, -0.2) is 19.9 Å². The van der Waals surface area contributed by atoms with Crippen LogP contribution in [-0.2, 0) is 28.2 Å². The molecule has 0 saturated heterocycles. The van der Waals surface area contributed by atoms with Crippen molar-refractivity contribution >= 4 is 102 Å². The predicted molar refractivity (Wildman–Crippen MR) is 536 cm³/mol. The maximum Gasteiger partial charge on any atom is 0.212 e. The molecule has 128 heavy (non-hydrogen) atoms. The Balaban J connectivity index is 0.000000120. The minimum absolute atomic E-state index is 0.00583. The van der Waals surface area contributed by atoms with Crippen LogP contribution in [0.3, 0.4) is 0 Å². The Hall–Kier alpha value is -14.1. The summed E-state index contributed by atoms with van der Waals surface area (Å²) in [5.41, 5.74) is 30.9. The molecule has 16 heteroatoms. The third-order valence-corrected chi connectivity index (χ3v) is 25.5. The Kier molecular flexibility index (Phi) is 23.8. The molecule has 8 heterocycles. The highest BCUT2D eigenvalue weighted by Crippen LogP contribution is 2.54. The summed E-state index contributed by atoms with van der Waals surface area (Å²) >= 11 is 0. The molecule has 16 nitrogen and oxygen atoms in total. The van der Waals surface area contributed by atoms with Crippen LogP contribution in [0.25, 0.3) is 55.5 Å². The first kappa shape index (κ1) is 86.0. The standard InChI is InChI=1S/C30H26N4.C29H32N4.C28H30N4.C25H32N4/c1-22-28(23-14-6-3-7-15-23)34(25-18-10-5-11-19-25)29(24-16-8-4-9-17-24)33(22)30-31-26-20-12-13-21-27(26)32(30)2;1-19(2)27-22(5)32(29-30-24-17-10-11-18-25(24)31(29)6)28(26-20(3)13-12-14-21(26)4)33(27)23-15-8-7-9-16-23;1-20-25(21-14-8-6-9-15-21)32(22-16-10-7-11-17-22)26(28(2,3)4)31(20)27-29-23-18-12-13-19-24(23)30(27)5;1-17(2)22-18(3)28(24-26-20-15-11-12-16-21(20)27(24)7)23(25(4,5)6)29(22)19-13-9-8-10-14-19/h3-21,29H,1-2H3;7-19,28H,1-6H3;6-19,26H,1-5H3;8-17,23H,1-7H3. The molecule has 0 N–H and O–H groups in total. The van der Waals surface area contributed by atoms with Crippen LogP contribution >= 0.6 is 0 Å². The van der Waals surface area contributed by atoms with Crippen molar-refractivity contribution in [3.8, 4) is 0 Å². The molecular weight excluding hydrogens is 1570 g/mol. The fourth-order valence-corrected chi connectivity index (χ4v) is 20.0. The second-order valence-corrected chi connectivity index (χ2v) is 36.9. The van der Waals surface area contributed by atoms with Crippen molar-refractivity contribution in [1.29, 1.82) is 0 Å². The van der Waals surface area contributed by atoms with Crippen molar-refractivity contribution < 1.29 is 0 Å². The van der Waals surface area contributed by atoms with E-state index in [4.69, 9.17) is 19.9 Å². The van der Waals surface area contributed by atoms with E-state index in [2.05, 4.69) is 518 Å². The number of hydrogen-bond donors (Lipinski definition) is 0. The molecule has 4 unspecified atom stereocenters. The molecule has 0 bridgehead atoms. The molecule has 4 aromatic heterocycles. The fraction of sp³-hybridized carbons (Fsp3) is 0.250. The lowest BCUT2D eigenvalue weighted by Gasteiger charge is -2.42. The summed E-state index contributed by atoms with van der Waals surface area (Å²) in [5.74, 6) is 4.63. The minimum Gasteiger partial charge on any atom is -0.321 e. The van der Waals surface area contributed by atoms with E-state index in [9.17, 15) is 0 Å². The zero-order valence-electron chi connectivity index (χ0n) is 77.8. The molecular formula is C112H120N16. The molecule has 0 radical (unpaired) electrons. The van der Waals surface area contributed by atoms with Gasteiger partial charge in [-0.15, -0.1) is 0 Å². The Bertz CT molecular complexity index is 6760. The van der Waals surface area contributed by atoms with E-state index >= 15 is 0 Å². The molecule has 20 rings (SSSR count). The van der Waals surface area contributed by atoms with Gasteiger partial charge in [-0.05, 0) is 178 Å². The van der Waals surface area contributed by atoms with Crippen LogP contribution in [0.2, 0.25) is 0 Å². The van der Waals surface area contributed by atoms with E-state index in [1.54, 1.807) is 0 Å². The van der Waals surface area contributed by atoms with Crippen LogP contribution in [0.15, 0.2) is 362 Å². The van der Waals surface area contributed by atoms with Gasteiger partial charge in [0.15, 0.2) is 0 Å². The average Bonchev–Trinajstić information content (AvgIpc) is 1.56. The van der Waals surface area contributed by atoms with Gasteiger partial charge in [0, 0.05) is 102 Å². The Morgan fingerprint density at radius 2 is 0.516 bits per heavy atom. The van der Waals surface area contributed by atoms with Gasteiger partial charge in [0.1, 0.15) is 24.7 Å². The monoisotopic (exact) mass is 1690 g/mol. The second kappa shape index (κ2) is 35.4. The molecule has 648 valence electrons. The van der Waals surface area contributed by atoms with E-state index in [0.717, 1.165) is 73.6 Å². The number of fused-ring (bicyclic) bond motifs is 4. The summed E-state index contributed by atoms with van der Waals surface area (Å²) < 4.78 is 8.87. The van der Waals surface area contributed by atoms with Gasteiger partial charge in [-0.1, -0.05) is 300 Å². The van der Waals surface area contributed by atoms with Crippen LogP contribution in [0, 0.1) is 36.5 Å². The minimum atomic E-state index is -0.0747. The molecule has 12 aromatic carbocycles. The molecule has 0 saturated carbocycles. The van der Waals surface area contributed by atoms with Crippen molar-refractivity contribution in [3.63, 3.8) is 0 Å². The number of imidazole rings is 4. The number of aryl methyl sites for hydroxylation is 6. The summed E-state index contributed by atoms with van der Waals surface area (Å²) in [6.07, 6.45) is 0.115. The highest BCUT2D eigenvalue weighted by atomic mass is 15.5. The molecule has 0 fully saturated rings. The van der Waals surface area contributed by atoms with Gasteiger partial charge < -0.3 is 37.9 Å². The molecule has 0 amide bonds. The third-order valence-electron chi connectivity index (χ3n) is 25.5.